The minimum Gasteiger partial charge on any atom is -0.453 e. The van der Waals surface area contributed by atoms with E-state index >= 15 is 0 Å². The summed E-state index contributed by atoms with van der Waals surface area (Å²) in [6.07, 6.45) is 0.979. The number of benzene rings is 2. The molecule has 2 aromatic carbocycles. The highest BCUT2D eigenvalue weighted by atomic mass is 32.2. The Morgan fingerprint density at radius 1 is 1.24 bits per heavy atom. The van der Waals surface area contributed by atoms with Crippen molar-refractivity contribution in [3.8, 4) is 17.6 Å². The van der Waals surface area contributed by atoms with Crippen LogP contribution in [0.2, 0.25) is 0 Å². The smallest absolute Gasteiger partial charge is 0.301 e. The highest BCUT2D eigenvalue weighted by Gasteiger charge is 2.77. The van der Waals surface area contributed by atoms with Crippen molar-refractivity contribution in [3.05, 3.63) is 58.4 Å². The summed E-state index contributed by atoms with van der Waals surface area (Å²) in [6.45, 7) is -0.691. The fourth-order valence-corrected chi connectivity index (χ4v) is 5.36. The van der Waals surface area contributed by atoms with Crippen LogP contribution in [0.5, 0.6) is 11.5 Å². The molecule has 2 aliphatic rings. The number of nitrogens with one attached hydrogen (secondary N) is 1. The van der Waals surface area contributed by atoms with Crippen LogP contribution in [0.25, 0.3) is 10.9 Å². The van der Waals surface area contributed by atoms with Crippen molar-refractivity contribution in [2.24, 2.45) is 12.5 Å². The summed E-state index contributed by atoms with van der Waals surface area (Å²) in [5.41, 5.74) is -2.03. The number of aryl methyl sites for hydroxylation is 1. The third kappa shape index (κ3) is 3.37. The van der Waals surface area contributed by atoms with Crippen molar-refractivity contribution in [2.75, 3.05) is 17.8 Å². The first-order chi connectivity index (χ1) is 16.0. The van der Waals surface area contributed by atoms with E-state index in [4.69, 9.17) is 4.74 Å². The van der Waals surface area contributed by atoms with Gasteiger partial charge < -0.3 is 9.30 Å². The molecule has 13 heteroatoms. The summed E-state index contributed by atoms with van der Waals surface area (Å²) in [7, 11) is -2.75. The van der Waals surface area contributed by atoms with Crippen LogP contribution in [-0.4, -0.2) is 41.3 Å². The van der Waals surface area contributed by atoms with Crippen LogP contribution in [0.3, 0.4) is 0 Å². The molecule has 1 spiro atoms. The molecule has 2 heterocycles. The van der Waals surface area contributed by atoms with Gasteiger partial charge in [0.1, 0.15) is 17.4 Å². The van der Waals surface area contributed by atoms with Gasteiger partial charge in [0.25, 0.3) is 11.5 Å². The molecular weight excluding hydrogens is 475 g/mol. The molecule has 0 amide bonds. The second kappa shape index (κ2) is 7.18. The van der Waals surface area contributed by atoms with Gasteiger partial charge in [0.05, 0.1) is 28.3 Å². The topological polar surface area (TPSA) is 117 Å². The van der Waals surface area contributed by atoms with Gasteiger partial charge in [-0.1, -0.05) is 0 Å². The molecule has 1 saturated heterocycles. The first kappa shape index (κ1) is 22.2. The van der Waals surface area contributed by atoms with Crippen LogP contribution < -0.4 is 15.0 Å². The molecule has 0 bridgehead atoms. The van der Waals surface area contributed by atoms with Crippen LogP contribution in [0.1, 0.15) is 12.0 Å². The molecule has 34 heavy (non-hydrogen) atoms. The summed E-state index contributed by atoms with van der Waals surface area (Å²) < 4.78 is 76.5. The number of aromatic nitrogens is 2. The van der Waals surface area contributed by atoms with Gasteiger partial charge in [0.2, 0.25) is 0 Å². The summed E-state index contributed by atoms with van der Waals surface area (Å²) >= 11 is 0. The normalized spacial score (nSPS) is 18.3. The van der Waals surface area contributed by atoms with Gasteiger partial charge in [0.15, 0.2) is 11.6 Å². The number of alkyl halides is 2. The maximum Gasteiger partial charge on any atom is 0.301 e. The number of halogens is 3. The lowest BCUT2D eigenvalue weighted by molar-refractivity contribution is 0.0111. The van der Waals surface area contributed by atoms with E-state index in [1.807, 2.05) is 0 Å². The van der Waals surface area contributed by atoms with Crippen molar-refractivity contribution < 1.29 is 26.3 Å². The monoisotopic (exact) mass is 491 g/mol. The van der Waals surface area contributed by atoms with Gasteiger partial charge in [-0.2, -0.15) is 18.0 Å². The Bertz CT molecular complexity index is 1560. The van der Waals surface area contributed by atoms with Crippen LogP contribution in [0.15, 0.2) is 41.5 Å². The molecular formula is C21H16F3N5O4S. The molecule has 1 N–H and O–H groups in total. The molecule has 0 radical (unpaired) electrons. The molecule has 1 aliphatic carbocycles. The maximum atomic E-state index is 14.6. The second-order valence-corrected chi connectivity index (χ2v) is 10.1. The van der Waals surface area contributed by atoms with E-state index in [0.29, 0.717) is 5.52 Å². The third-order valence-electron chi connectivity index (χ3n) is 6.08. The standard InChI is InChI=1S/C21H16F3N5O4S/c1-28-11-26-16-4-2-12(6-13(16)19(28)30)33-18-14(7-25)17(5-3-15(18)22)27-34(31,32)29-9-20(10-29)8-21(20,23)24/h2-6,11,27H,8-10H2,1H3. The molecule has 9 nitrogen and oxygen atoms in total. The van der Waals surface area contributed by atoms with Crippen LogP contribution in [0, 0.1) is 22.6 Å². The zero-order valence-corrected chi connectivity index (χ0v) is 18.4. The summed E-state index contributed by atoms with van der Waals surface area (Å²) in [6, 6.07) is 7.89. The quantitative estimate of drug-likeness (QED) is 0.587. The third-order valence-corrected chi connectivity index (χ3v) is 7.49. The lowest BCUT2D eigenvalue weighted by Gasteiger charge is -2.38. The average molecular weight is 491 g/mol. The lowest BCUT2D eigenvalue weighted by Crippen LogP contribution is -2.55. The molecule has 1 saturated carbocycles. The number of fused-ring (bicyclic) bond motifs is 1. The van der Waals surface area contributed by atoms with E-state index in [1.165, 1.54) is 36.1 Å². The van der Waals surface area contributed by atoms with Gasteiger partial charge in [-0.05, 0) is 30.3 Å². The Morgan fingerprint density at radius 3 is 2.59 bits per heavy atom. The number of anilines is 1. The van der Waals surface area contributed by atoms with E-state index in [0.717, 1.165) is 16.4 Å². The lowest BCUT2D eigenvalue weighted by atomic mass is 10.00. The molecule has 2 fully saturated rings. The minimum atomic E-state index is -4.26. The van der Waals surface area contributed by atoms with E-state index in [-0.39, 0.29) is 41.9 Å². The predicted octanol–water partition coefficient (Wildman–Crippen LogP) is 2.73. The van der Waals surface area contributed by atoms with Gasteiger partial charge in [-0.3, -0.25) is 9.52 Å². The second-order valence-electron chi connectivity index (χ2n) is 8.39. The van der Waals surface area contributed by atoms with E-state index in [2.05, 4.69) is 9.71 Å². The highest BCUT2D eigenvalue weighted by Crippen LogP contribution is 2.65. The number of hydrogen-bond acceptors (Lipinski definition) is 6. The number of hydrogen-bond donors (Lipinski definition) is 1. The predicted molar refractivity (Wildman–Crippen MR) is 114 cm³/mol. The summed E-state index contributed by atoms with van der Waals surface area (Å²) in [5.74, 6) is -4.37. The number of rotatable bonds is 5. The summed E-state index contributed by atoms with van der Waals surface area (Å²) in [4.78, 5) is 16.4. The molecule has 0 unspecified atom stereocenters. The zero-order chi connectivity index (χ0) is 24.5. The molecule has 176 valence electrons. The van der Waals surface area contributed by atoms with Gasteiger partial charge in [-0.15, -0.1) is 0 Å². The molecule has 1 aromatic heterocycles. The number of nitrogens with zero attached hydrogens (tertiary/aromatic N) is 4. The van der Waals surface area contributed by atoms with Crippen LogP contribution in [-0.2, 0) is 17.3 Å². The zero-order valence-electron chi connectivity index (χ0n) is 17.5. The Kier molecular flexibility index (Phi) is 4.68. The van der Waals surface area contributed by atoms with E-state index in [1.54, 1.807) is 6.07 Å². The van der Waals surface area contributed by atoms with Crippen molar-refractivity contribution in [3.63, 3.8) is 0 Å². The Hall–Kier alpha value is -3.63. The fraction of sp³-hybridized carbons (Fsp3) is 0.286. The molecule has 3 aromatic rings. The minimum absolute atomic E-state index is 0.0219. The maximum absolute atomic E-state index is 14.6. The Morgan fingerprint density at radius 2 is 1.94 bits per heavy atom. The van der Waals surface area contributed by atoms with E-state index < -0.39 is 38.7 Å². The van der Waals surface area contributed by atoms with Crippen LogP contribution >= 0.6 is 0 Å². The number of nitriles is 1. The molecule has 5 rings (SSSR count). The average Bonchev–Trinajstić information content (AvgIpc) is 3.35. The SMILES string of the molecule is Cn1cnc2ccc(Oc3c(F)ccc(NS(=O)(=O)N4CC5(C4)CC5(F)F)c3C#N)cc2c1=O. The van der Waals surface area contributed by atoms with Crippen molar-refractivity contribution in [2.45, 2.75) is 12.3 Å². The van der Waals surface area contributed by atoms with Crippen LogP contribution in [0.4, 0.5) is 18.9 Å². The van der Waals surface area contributed by atoms with Crippen molar-refractivity contribution in [1.82, 2.24) is 13.9 Å². The van der Waals surface area contributed by atoms with Gasteiger partial charge in [-0.25, -0.2) is 18.2 Å². The van der Waals surface area contributed by atoms with E-state index in [9.17, 15) is 31.6 Å². The van der Waals surface area contributed by atoms with Crippen molar-refractivity contribution >= 4 is 26.8 Å². The molecule has 0 atom stereocenters. The Balaban J connectivity index is 1.45. The van der Waals surface area contributed by atoms with Gasteiger partial charge in [0, 0.05) is 26.6 Å². The Labute approximate surface area is 191 Å². The molecule has 1 aliphatic heterocycles. The largest absolute Gasteiger partial charge is 0.453 e. The van der Waals surface area contributed by atoms with Gasteiger partial charge >= 0.3 is 10.2 Å². The fourth-order valence-electron chi connectivity index (χ4n) is 3.95. The van der Waals surface area contributed by atoms with Crippen molar-refractivity contribution in [1.29, 1.82) is 5.26 Å². The first-order valence-corrected chi connectivity index (χ1v) is 11.4. The first-order valence-electron chi connectivity index (χ1n) is 9.98. The highest BCUT2D eigenvalue weighted by molar-refractivity contribution is 7.90. The summed E-state index contributed by atoms with van der Waals surface area (Å²) in [5, 5.41) is 9.81. The number of ether oxygens (including phenoxy) is 1.